The largest absolute Gasteiger partial charge is 0.383 e. The number of carbonyl (C=O) groups excluding carboxylic acids is 1. The first-order valence-corrected chi connectivity index (χ1v) is 8.98. The standard InChI is InChI=1S/C15H22FN3O4S/c1-10(9-23-3)17-15(20)14-8-13(18-24(21,22)19(14)2)11-4-6-12(16)7-5-11/h4-7,10,13-14,18H,8-9H2,1-3H3,(H,17,20)/t10?,13-,14+/m0/s1. The highest BCUT2D eigenvalue weighted by Gasteiger charge is 2.40. The van der Waals surface area contributed by atoms with E-state index in [1.54, 1.807) is 6.92 Å². The van der Waals surface area contributed by atoms with Crippen LogP contribution in [0.25, 0.3) is 0 Å². The van der Waals surface area contributed by atoms with E-state index in [0.29, 0.717) is 12.2 Å². The van der Waals surface area contributed by atoms with Gasteiger partial charge in [-0.05, 0) is 31.0 Å². The lowest BCUT2D eigenvalue weighted by Crippen LogP contribution is -2.58. The molecule has 134 valence electrons. The molecular weight excluding hydrogens is 337 g/mol. The second kappa shape index (κ2) is 7.56. The number of nitrogens with zero attached hydrogens (tertiary/aromatic N) is 1. The van der Waals surface area contributed by atoms with Crippen LogP contribution >= 0.6 is 0 Å². The Morgan fingerprint density at radius 2 is 2.08 bits per heavy atom. The van der Waals surface area contributed by atoms with Gasteiger partial charge in [0.05, 0.1) is 6.61 Å². The highest BCUT2D eigenvalue weighted by molar-refractivity contribution is 7.87. The first-order chi connectivity index (χ1) is 11.2. The molecule has 0 aromatic heterocycles. The molecule has 1 aliphatic rings. The number of amides is 1. The van der Waals surface area contributed by atoms with E-state index in [1.165, 1.54) is 38.4 Å². The fourth-order valence-electron chi connectivity index (χ4n) is 2.65. The lowest BCUT2D eigenvalue weighted by atomic mass is 9.99. The van der Waals surface area contributed by atoms with Crippen molar-refractivity contribution < 1.29 is 22.3 Å². The first-order valence-electron chi connectivity index (χ1n) is 7.54. The van der Waals surface area contributed by atoms with E-state index in [-0.39, 0.29) is 18.4 Å². The van der Waals surface area contributed by atoms with Crippen LogP contribution in [0.2, 0.25) is 0 Å². The van der Waals surface area contributed by atoms with Crippen LogP contribution in [0.3, 0.4) is 0 Å². The number of rotatable bonds is 5. The average Bonchev–Trinajstić information content (AvgIpc) is 2.50. The van der Waals surface area contributed by atoms with E-state index < -0.39 is 28.1 Å². The molecule has 9 heteroatoms. The third-order valence-electron chi connectivity index (χ3n) is 3.95. The van der Waals surface area contributed by atoms with Gasteiger partial charge in [-0.1, -0.05) is 12.1 Å². The minimum Gasteiger partial charge on any atom is -0.383 e. The molecule has 0 aliphatic carbocycles. The molecule has 1 fully saturated rings. The molecule has 1 amide bonds. The van der Waals surface area contributed by atoms with Gasteiger partial charge in [0, 0.05) is 26.2 Å². The summed E-state index contributed by atoms with van der Waals surface area (Å²) in [6.45, 7) is 2.10. The van der Waals surface area contributed by atoms with Crippen molar-refractivity contribution in [2.45, 2.75) is 31.5 Å². The Balaban J connectivity index is 2.20. The Labute approximate surface area is 141 Å². The maximum Gasteiger partial charge on any atom is 0.280 e. The predicted octanol–water partition coefficient (Wildman–Crippen LogP) is 0.556. The van der Waals surface area contributed by atoms with E-state index in [0.717, 1.165) is 4.31 Å². The molecule has 2 N–H and O–H groups in total. The zero-order chi connectivity index (χ0) is 17.9. The van der Waals surface area contributed by atoms with Crippen LogP contribution in [0, 0.1) is 5.82 Å². The number of ether oxygens (including phenoxy) is 1. The fourth-order valence-corrected chi connectivity index (χ4v) is 3.93. The zero-order valence-corrected chi connectivity index (χ0v) is 14.6. The van der Waals surface area contributed by atoms with Gasteiger partial charge in [-0.3, -0.25) is 4.79 Å². The predicted molar refractivity (Wildman–Crippen MR) is 86.8 cm³/mol. The maximum atomic E-state index is 13.1. The van der Waals surface area contributed by atoms with Crippen molar-refractivity contribution in [2.24, 2.45) is 0 Å². The molecule has 1 aliphatic heterocycles. The summed E-state index contributed by atoms with van der Waals surface area (Å²) in [4.78, 5) is 12.5. The van der Waals surface area contributed by atoms with Crippen LogP contribution in [0.5, 0.6) is 0 Å². The monoisotopic (exact) mass is 359 g/mol. The minimum absolute atomic E-state index is 0.238. The molecule has 24 heavy (non-hydrogen) atoms. The highest BCUT2D eigenvalue weighted by Crippen LogP contribution is 2.28. The summed E-state index contributed by atoms with van der Waals surface area (Å²) in [5.41, 5.74) is 0.607. The van der Waals surface area contributed by atoms with Gasteiger partial charge in [0.25, 0.3) is 10.2 Å². The smallest absolute Gasteiger partial charge is 0.280 e. The van der Waals surface area contributed by atoms with Crippen LogP contribution in [0.4, 0.5) is 4.39 Å². The lowest BCUT2D eigenvalue weighted by molar-refractivity contribution is -0.126. The van der Waals surface area contributed by atoms with Crippen molar-refractivity contribution in [1.82, 2.24) is 14.3 Å². The molecule has 1 saturated heterocycles. The Kier molecular flexibility index (Phi) is 5.92. The van der Waals surface area contributed by atoms with E-state index in [1.807, 2.05) is 0 Å². The summed E-state index contributed by atoms with van der Waals surface area (Å²) in [5, 5.41) is 2.74. The molecule has 0 radical (unpaired) electrons. The van der Waals surface area contributed by atoms with Crippen molar-refractivity contribution in [3.05, 3.63) is 35.6 Å². The van der Waals surface area contributed by atoms with Gasteiger partial charge in [0.2, 0.25) is 5.91 Å². The Bertz CT molecular complexity index is 680. The number of hydrogen-bond donors (Lipinski definition) is 2. The van der Waals surface area contributed by atoms with Crippen molar-refractivity contribution in [1.29, 1.82) is 0 Å². The number of carbonyl (C=O) groups is 1. The van der Waals surface area contributed by atoms with Gasteiger partial charge in [-0.15, -0.1) is 0 Å². The second-order valence-corrected chi connectivity index (χ2v) is 7.62. The third kappa shape index (κ3) is 4.29. The van der Waals surface area contributed by atoms with E-state index in [4.69, 9.17) is 4.74 Å². The van der Waals surface area contributed by atoms with Crippen molar-refractivity contribution in [3.63, 3.8) is 0 Å². The number of nitrogens with one attached hydrogen (secondary N) is 2. The SMILES string of the molecule is COCC(C)NC(=O)[C@H]1C[C@@H](c2ccc(F)cc2)NS(=O)(=O)N1C. The molecule has 2 rings (SSSR count). The molecule has 1 aromatic rings. The number of halogens is 1. The fraction of sp³-hybridized carbons (Fsp3) is 0.533. The summed E-state index contributed by atoms with van der Waals surface area (Å²) < 4.78 is 46.2. The normalized spacial score (nSPS) is 25.2. The van der Waals surface area contributed by atoms with Crippen LogP contribution in [-0.2, 0) is 19.7 Å². The summed E-state index contributed by atoms with van der Waals surface area (Å²) in [5.74, 6) is -0.795. The summed E-state index contributed by atoms with van der Waals surface area (Å²) in [7, 11) is -0.936. The number of methoxy groups -OCH3 is 1. The second-order valence-electron chi connectivity index (χ2n) is 5.86. The van der Waals surface area contributed by atoms with Gasteiger partial charge >= 0.3 is 0 Å². The van der Waals surface area contributed by atoms with Crippen LogP contribution < -0.4 is 10.0 Å². The number of hydrogen-bond acceptors (Lipinski definition) is 4. The van der Waals surface area contributed by atoms with Crippen molar-refractivity contribution >= 4 is 16.1 Å². The Morgan fingerprint density at radius 3 is 2.67 bits per heavy atom. The van der Waals surface area contributed by atoms with Crippen molar-refractivity contribution in [2.75, 3.05) is 20.8 Å². The van der Waals surface area contributed by atoms with Gasteiger partial charge in [0.1, 0.15) is 11.9 Å². The summed E-state index contributed by atoms with van der Waals surface area (Å²) in [6, 6.07) is 3.85. The summed E-state index contributed by atoms with van der Waals surface area (Å²) in [6.07, 6.45) is 0.243. The third-order valence-corrected chi connectivity index (χ3v) is 5.54. The van der Waals surface area contributed by atoms with E-state index >= 15 is 0 Å². The van der Waals surface area contributed by atoms with Crippen molar-refractivity contribution in [3.8, 4) is 0 Å². The van der Waals surface area contributed by atoms with Gasteiger partial charge < -0.3 is 10.1 Å². The highest BCUT2D eigenvalue weighted by atomic mass is 32.2. The van der Waals surface area contributed by atoms with Gasteiger partial charge in [-0.25, -0.2) is 4.39 Å². The molecule has 1 heterocycles. The van der Waals surface area contributed by atoms with Gasteiger partial charge in [-0.2, -0.15) is 17.4 Å². The molecule has 0 saturated carbocycles. The minimum atomic E-state index is -3.81. The molecule has 0 bridgehead atoms. The first kappa shape index (κ1) is 18.8. The average molecular weight is 359 g/mol. The molecule has 3 atom stereocenters. The molecular formula is C15H22FN3O4S. The van der Waals surface area contributed by atoms with E-state index in [2.05, 4.69) is 10.0 Å². The van der Waals surface area contributed by atoms with Crippen LogP contribution in [0.15, 0.2) is 24.3 Å². The Morgan fingerprint density at radius 1 is 1.46 bits per heavy atom. The molecule has 1 aromatic carbocycles. The Hall–Kier alpha value is -1.55. The van der Waals surface area contributed by atoms with Gasteiger partial charge in [0.15, 0.2) is 0 Å². The number of likely N-dealkylation sites (N-methyl/N-ethyl adjacent to an activating group) is 1. The molecule has 1 unspecified atom stereocenters. The molecule has 0 spiro atoms. The zero-order valence-electron chi connectivity index (χ0n) is 13.8. The maximum absolute atomic E-state index is 13.1. The van der Waals surface area contributed by atoms with E-state index in [9.17, 15) is 17.6 Å². The lowest BCUT2D eigenvalue weighted by Gasteiger charge is -2.36. The molecule has 7 nitrogen and oxygen atoms in total. The topological polar surface area (TPSA) is 87.7 Å². The van der Waals surface area contributed by atoms with Crippen LogP contribution in [0.1, 0.15) is 24.9 Å². The van der Waals surface area contributed by atoms with Crippen LogP contribution in [-0.4, -0.2) is 51.5 Å². The summed E-state index contributed by atoms with van der Waals surface area (Å²) >= 11 is 0. The number of benzene rings is 1. The quantitative estimate of drug-likeness (QED) is 0.804.